The molecule has 3 N–H and O–H groups in total. The first kappa shape index (κ1) is 24.1. The average molecular weight is 405 g/mol. The van der Waals surface area contributed by atoms with Gasteiger partial charge in [-0.2, -0.15) is 0 Å². The highest BCUT2D eigenvalue weighted by Crippen LogP contribution is 2.22. The maximum atomic E-state index is 12.1. The van der Waals surface area contributed by atoms with E-state index < -0.39 is 24.5 Å². The molecule has 0 aliphatic carbocycles. The van der Waals surface area contributed by atoms with Gasteiger partial charge in [-0.05, 0) is 29.0 Å². The van der Waals surface area contributed by atoms with E-state index in [9.17, 15) is 19.2 Å². The molecule has 0 aliphatic heterocycles. The van der Waals surface area contributed by atoms with Gasteiger partial charge in [0.2, 0.25) is 0 Å². The minimum absolute atomic E-state index is 0.000155. The number of nitrogens with one attached hydrogen (secondary N) is 3. The molecule has 4 amide bonds. The molecule has 0 radical (unpaired) electrons. The second-order valence-electron chi connectivity index (χ2n) is 8.15. The Morgan fingerprint density at radius 2 is 1.62 bits per heavy atom. The van der Waals surface area contributed by atoms with Gasteiger partial charge >= 0.3 is 12.0 Å². The van der Waals surface area contributed by atoms with Crippen molar-refractivity contribution < 1.29 is 23.9 Å². The van der Waals surface area contributed by atoms with Crippen LogP contribution in [0, 0.1) is 5.92 Å². The fourth-order valence-corrected chi connectivity index (χ4v) is 2.22. The number of rotatable bonds is 8. The summed E-state index contributed by atoms with van der Waals surface area (Å²) in [4.78, 5) is 46.8. The van der Waals surface area contributed by atoms with E-state index in [0.717, 1.165) is 5.56 Å². The highest BCUT2D eigenvalue weighted by atomic mass is 16.5. The maximum Gasteiger partial charge on any atom is 0.321 e. The van der Waals surface area contributed by atoms with Gasteiger partial charge in [0.1, 0.15) is 0 Å². The molecule has 0 aromatic heterocycles. The topological polar surface area (TPSA) is 114 Å². The fourth-order valence-electron chi connectivity index (χ4n) is 2.22. The molecule has 8 heteroatoms. The summed E-state index contributed by atoms with van der Waals surface area (Å²) in [5, 5.41) is 7.21. The number of esters is 1. The lowest BCUT2D eigenvalue weighted by Crippen LogP contribution is -2.42. The lowest BCUT2D eigenvalue weighted by atomic mass is 9.87. The van der Waals surface area contributed by atoms with Gasteiger partial charge in [0.15, 0.2) is 6.61 Å². The Hall–Kier alpha value is -2.90. The first-order valence-electron chi connectivity index (χ1n) is 9.61. The molecule has 0 saturated carbocycles. The van der Waals surface area contributed by atoms with E-state index in [1.165, 1.54) is 0 Å². The largest absolute Gasteiger partial charge is 0.456 e. The van der Waals surface area contributed by atoms with E-state index in [1.807, 2.05) is 26.0 Å². The average Bonchev–Trinajstić information content (AvgIpc) is 2.64. The first-order valence-corrected chi connectivity index (χ1v) is 9.61. The third-order valence-electron chi connectivity index (χ3n) is 3.92. The quantitative estimate of drug-likeness (QED) is 0.574. The fraction of sp³-hybridized carbons (Fsp3) is 0.524. The van der Waals surface area contributed by atoms with Crippen LogP contribution in [0.1, 0.15) is 57.0 Å². The van der Waals surface area contributed by atoms with Crippen LogP contribution in [0.4, 0.5) is 4.79 Å². The lowest BCUT2D eigenvalue weighted by molar-refractivity contribution is -0.148. The number of carbonyl (C=O) groups excluding carboxylic acids is 4. The summed E-state index contributed by atoms with van der Waals surface area (Å²) in [6.45, 7) is 10.1. The van der Waals surface area contributed by atoms with Gasteiger partial charge < -0.3 is 15.4 Å². The highest BCUT2D eigenvalue weighted by molar-refractivity contribution is 5.96. The number of imide groups is 1. The summed E-state index contributed by atoms with van der Waals surface area (Å²) in [5.74, 6) is -1.41. The van der Waals surface area contributed by atoms with Crippen molar-refractivity contribution in [3.05, 3.63) is 35.4 Å². The van der Waals surface area contributed by atoms with Crippen molar-refractivity contribution in [2.24, 2.45) is 5.92 Å². The molecule has 0 aliphatic rings. The Kier molecular flexibility index (Phi) is 9.31. The molecule has 0 bridgehead atoms. The molecule has 0 spiro atoms. The van der Waals surface area contributed by atoms with Gasteiger partial charge in [0.25, 0.3) is 11.8 Å². The molecular weight excluding hydrogens is 374 g/mol. The third-order valence-corrected chi connectivity index (χ3v) is 3.92. The zero-order chi connectivity index (χ0) is 22.0. The van der Waals surface area contributed by atoms with Crippen molar-refractivity contribution >= 4 is 23.8 Å². The minimum Gasteiger partial charge on any atom is -0.456 e. The monoisotopic (exact) mass is 405 g/mol. The zero-order valence-electron chi connectivity index (χ0n) is 17.8. The number of hydrogen-bond acceptors (Lipinski definition) is 5. The molecule has 0 heterocycles. The smallest absolute Gasteiger partial charge is 0.321 e. The summed E-state index contributed by atoms with van der Waals surface area (Å²) in [7, 11) is 0. The molecule has 0 fully saturated rings. The van der Waals surface area contributed by atoms with Crippen molar-refractivity contribution in [3.8, 4) is 0 Å². The van der Waals surface area contributed by atoms with Crippen LogP contribution in [0.15, 0.2) is 24.3 Å². The highest BCUT2D eigenvalue weighted by Gasteiger charge is 2.15. The van der Waals surface area contributed by atoms with Crippen molar-refractivity contribution in [2.75, 3.05) is 19.7 Å². The summed E-state index contributed by atoms with van der Waals surface area (Å²) in [6, 6.07) is 6.65. The van der Waals surface area contributed by atoms with Crippen molar-refractivity contribution in [3.63, 3.8) is 0 Å². The molecule has 0 unspecified atom stereocenters. The normalized spacial score (nSPS) is 11.0. The van der Waals surface area contributed by atoms with Gasteiger partial charge in [-0.1, -0.05) is 46.8 Å². The predicted octanol–water partition coefficient (Wildman–Crippen LogP) is 2.13. The number of carbonyl (C=O) groups is 4. The van der Waals surface area contributed by atoms with Gasteiger partial charge in [-0.3, -0.25) is 19.7 Å². The standard InChI is InChI=1S/C21H31N3O5/c1-14(2)12-23-20(28)24-17(25)13-29-18(26)10-11-22-19(27)15-6-8-16(9-7-15)21(3,4)5/h6-9,14H,10-13H2,1-5H3,(H,22,27)(H2,23,24,25,28). The SMILES string of the molecule is CC(C)CNC(=O)NC(=O)COC(=O)CCNC(=O)c1ccc(C(C)(C)C)cc1. The molecule has 1 aromatic rings. The Balaban J connectivity index is 2.28. The summed E-state index contributed by atoms with van der Waals surface area (Å²) in [5.41, 5.74) is 1.62. The van der Waals surface area contributed by atoms with Crippen LogP contribution in [0.5, 0.6) is 0 Å². The van der Waals surface area contributed by atoms with Crippen LogP contribution in [0.25, 0.3) is 0 Å². The molecule has 0 atom stereocenters. The Morgan fingerprint density at radius 3 is 2.17 bits per heavy atom. The molecule has 29 heavy (non-hydrogen) atoms. The van der Waals surface area contributed by atoms with Gasteiger partial charge in [-0.15, -0.1) is 0 Å². The van der Waals surface area contributed by atoms with Crippen LogP contribution < -0.4 is 16.0 Å². The van der Waals surface area contributed by atoms with E-state index in [-0.39, 0.29) is 30.2 Å². The van der Waals surface area contributed by atoms with Crippen LogP contribution in [0.3, 0.4) is 0 Å². The van der Waals surface area contributed by atoms with Crippen molar-refractivity contribution in [2.45, 2.75) is 46.5 Å². The zero-order valence-corrected chi connectivity index (χ0v) is 17.8. The number of hydrogen-bond donors (Lipinski definition) is 3. The molecule has 1 aromatic carbocycles. The van der Waals surface area contributed by atoms with Crippen LogP contribution >= 0.6 is 0 Å². The minimum atomic E-state index is -0.720. The maximum absolute atomic E-state index is 12.1. The van der Waals surface area contributed by atoms with E-state index >= 15 is 0 Å². The summed E-state index contributed by atoms with van der Waals surface area (Å²) in [6.07, 6.45) is -0.0847. The summed E-state index contributed by atoms with van der Waals surface area (Å²) < 4.78 is 4.79. The second kappa shape index (κ2) is 11.2. The Bertz CT molecular complexity index is 721. The number of ether oxygens (including phenoxy) is 1. The van der Waals surface area contributed by atoms with Crippen molar-refractivity contribution in [1.29, 1.82) is 0 Å². The lowest BCUT2D eigenvalue weighted by Gasteiger charge is -2.19. The summed E-state index contributed by atoms with van der Waals surface area (Å²) >= 11 is 0. The number of benzene rings is 1. The third kappa shape index (κ3) is 9.73. The molecule has 8 nitrogen and oxygen atoms in total. The van der Waals surface area contributed by atoms with Crippen molar-refractivity contribution in [1.82, 2.24) is 16.0 Å². The van der Waals surface area contributed by atoms with Crippen LogP contribution in [0.2, 0.25) is 0 Å². The predicted molar refractivity (Wildman–Crippen MR) is 109 cm³/mol. The van der Waals surface area contributed by atoms with Crippen LogP contribution in [-0.2, 0) is 19.7 Å². The Morgan fingerprint density at radius 1 is 1.00 bits per heavy atom. The van der Waals surface area contributed by atoms with E-state index in [1.54, 1.807) is 12.1 Å². The molecule has 0 saturated heterocycles. The van der Waals surface area contributed by atoms with Gasteiger partial charge in [0, 0.05) is 18.7 Å². The van der Waals surface area contributed by atoms with E-state index in [0.29, 0.717) is 12.1 Å². The van der Waals surface area contributed by atoms with Crippen LogP contribution in [-0.4, -0.2) is 43.5 Å². The first-order chi connectivity index (χ1) is 13.5. The van der Waals surface area contributed by atoms with E-state index in [2.05, 4.69) is 36.7 Å². The molecular formula is C21H31N3O5. The van der Waals surface area contributed by atoms with E-state index in [4.69, 9.17) is 4.74 Å². The van der Waals surface area contributed by atoms with Gasteiger partial charge in [-0.25, -0.2) is 4.79 Å². The Labute approximate surface area is 171 Å². The number of urea groups is 1. The van der Waals surface area contributed by atoms with Gasteiger partial charge in [0.05, 0.1) is 6.42 Å². The second-order valence-corrected chi connectivity index (χ2v) is 8.15. The number of amides is 4. The molecule has 160 valence electrons. The molecule has 1 rings (SSSR count).